The molecule has 2 aromatic heterocycles. The van der Waals surface area contributed by atoms with Gasteiger partial charge in [-0.05, 0) is 41.7 Å². The molecule has 3 aromatic rings. The third-order valence-corrected chi connectivity index (χ3v) is 4.79. The summed E-state index contributed by atoms with van der Waals surface area (Å²) in [5.41, 5.74) is 4.71. The molecule has 0 bridgehead atoms. The van der Waals surface area contributed by atoms with Gasteiger partial charge in [0.1, 0.15) is 6.07 Å². The molecule has 0 saturated heterocycles. The summed E-state index contributed by atoms with van der Waals surface area (Å²) >= 11 is 13.0. The average Bonchev–Trinajstić information content (AvgIpc) is 2.54. The molecule has 126 valence electrons. The predicted octanol–water partition coefficient (Wildman–Crippen LogP) is 6.08. The molecular weight excluding hydrogens is 353 g/mol. The van der Waals surface area contributed by atoms with E-state index in [0.29, 0.717) is 20.9 Å². The molecule has 3 nitrogen and oxygen atoms in total. The summed E-state index contributed by atoms with van der Waals surface area (Å²) in [7, 11) is 0. The summed E-state index contributed by atoms with van der Waals surface area (Å²) in [5.74, 6) is 0. The Morgan fingerprint density at radius 3 is 2.44 bits per heavy atom. The minimum absolute atomic E-state index is 0.0395. The van der Waals surface area contributed by atoms with Crippen LogP contribution < -0.4 is 0 Å². The molecule has 0 spiro atoms. The second-order valence-corrected chi connectivity index (χ2v) is 7.87. The Kier molecular flexibility index (Phi) is 4.45. The zero-order chi connectivity index (χ0) is 18.4. The van der Waals surface area contributed by atoms with E-state index in [4.69, 9.17) is 23.2 Å². The first-order valence-electron chi connectivity index (χ1n) is 7.88. The molecule has 0 aliphatic heterocycles. The molecule has 2 heterocycles. The molecule has 0 saturated carbocycles. The summed E-state index contributed by atoms with van der Waals surface area (Å²) in [6.07, 6.45) is 1.57. The number of fused-ring (bicyclic) bond motifs is 1. The van der Waals surface area contributed by atoms with Crippen molar-refractivity contribution in [3.63, 3.8) is 0 Å². The van der Waals surface area contributed by atoms with Gasteiger partial charge in [-0.1, -0.05) is 50.0 Å². The van der Waals surface area contributed by atoms with Gasteiger partial charge in [-0.25, -0.2) is 9.97 Å². The van der Waals surface area contributed by atoms with Gasteiger partial charge in [0.25, 0.3) is 0 Å². The largest absolute Gasteiger partial charge is 0.248 e. The zero-order valence-electron chi connectivity index (χ0n) is 14.5. The van der Waals surface area contributed by atoms with Crippen LogP contribution in [0.3, 0.4) is 0 Å². The van der Waals surface area contributed by atoms with Crippen LogP contribution in [0.5, 0.6) is 0 Å². The lowest BCUT2D eigenvalue weighted by Gasteiger charge is -2.22. The maximum absolute atomic E-state index is 9.22. The lowest BCUT2D eigenvalue weighted by Crippen LogP contribution is -2.12. The van der Waals surface area contributed by atoms with Crippen molar-refractivity contribution in [1.82, 2.24) is 9.97 Å². The standard InChI is InChI=1S/C20H17Cl2N3/c1-11-7-13(20(2,3)4)14(21)8-12(11)17-9-15(22)19-16(25-17)5-6-24-18(19)10-23/h5-9H,1-4H3. The van der Waals surface area contributed by atoms with E-state index in [1.165, 1.54) is 0 Å². The van der Waals surface area contributed by atoms with Crippen LogP contribution in [0.1, 0.15) is 37.6 Å². The number of aryl methyl sites for hydroxylation is 1. The van der Waals surface area contributed by atoms with Crippen LogP contribution in [-0.2, 0) is 5.41 Å². The highest BCUT2D eigenvalue weighted by Crippen LogP contribution is 2.36. The lowest BCUT2D eigenvalue weighted by molar-refractivity contribution is 0.590. The zero-order valence-corrected chi connectivity index (χ0v) is 16.0. The number of hydrogen-bond acceptors (Lipinski definition) is 3. The van der Waals surface area contributed by atoms with Crippen LogP contribution in [0.4, 0.5) is 0 Å². The SMILES string of the molecule is Cc1cc(C(C)(C)C)c(Cl)cc1-c1cc(Cl)c2c(C#N)nccc2n1. The van der Waals surface area contributed by atoms with Crippen molar-refractivity contribution in [1.29, 1.82) is 5.26 Å². The van der Waals surface area contributed by atoms with E-state index < -0.39 is 0 Å². The topological polar surface area (TPSA) is 49.6 Å². The van der Waals surface area contributed by atoms with E-state index in [-0.39, 0.29) is 11.1 Å². The number of rotatable bonds is 1. The van der Waals surface area contributed by atoms with Crippen molar-refractivity contribution in [2.75, 3.05) is 0 Å². The molecule has 0 fully saturated rings. The summed E-state index contributed by atoms with van der Waals surface area (Å²) in [6.45, 7) is 8.44. The molecule has 5 heteroatoms. The number of nitriles is 1. The van der Waals surface area contributed by atoms with Crippen molar-refractivity contribution in [3.8, 4) is 17.3 Å². The molecule has 0 radical (unpaired) electrons. The van der Waals surface area contributed by atoms with Crippen molar-refractivity contribution in [2.45, 2.75) is 33.1 Å². The van der Waals surface area contributed by atoms with Crippen LogP contribution in [0.2, 0.25) is 10.0 Å². The Morgan fingerprint density at radius 2 is 1.80 bits per heavy atom. The number of benzene rings is 1. The summed E-state index contributed by atoms with van der Waals surface area (Å²) in [4.78, 5) is 8.73. The van der Waals surface area contributed by atoms with Gasteiger partial charge in [-0.2, -0.15) is 5.26 Å². The molecule has 0 N–H and O–H groups in total. The van der Waals surface area contributed by atoms with Gasteiger partial charge in [0, 0.05) is 16.8 Å². The van der Waals surface area contributed by atoms with Crippen LogP contribution >= 0.6 is 23.2 Å². The summed E-state index contributed by atoms with van der Waals surface area (Å²) < 4.78 is 0. The third-order valence-electron chi connectivity index (χ3n) is 4.18. The quantitative estimate of drug-likeness (QED) is 0.521. The smallest absolute Gasteiger partial charge is 0.151 e. The molecule has 25 heavy (non-hydrogen) atoms. The van der Waals surface area contributed by atoms with E-state index in [9.17, 15) is 5.26 Å². The lowest BCUT2D eigenvalue weighted by atomic mass is 9.85. The summed E-state index contributed by atoms with van der Waals surface area (Å²) in [6, 6.07) is 9.62. The van der Waals surface area contributed by atoms with Gasteiger partial charge in [0.2, 0.25) is 0 Å². The fraction of sp³-hybridized carbons (Fsp3) is 0.250. The van der Waals surface area contributed by atoms with Crippen molar-refractivity contribution >= 4 is 34.1 Å². The van der Waals surface area contributed by atoms with E-state index in [0.717, 1.165) is 22.4 Å². The Morgan fingerprint density at radius 1 is 1.08 bits per heavy atom. The molecule has 1 aromatic carbocycles. The van der Waals surface area contributed by atoms with Gasteiger partial charge >= 0.3 is 0 Å². The van der Waals surface area contributed by atoms with Crippen LogP contribution in [0.15, 0.2) is 30.5 Å². The fourth-order valence-electron chi connectivity index (χ4n) is 2.89. The van der Waals surface area contributed by atoms with Crippen molar-refractivity contribution in [2.24, 2.45) is 0 Å². The first kappa shape index (κ1) is 17.7. The fourth-order valence-corrected chi connectivity index (χ4v) is 3.63. The molecule has 0 atom stereocenters. The maximum Gasteiger partial charge on any atom is 0.151 e. The van der Waals surface area contributed by atoms with Gasteiger partial charge in [-0.15, -0.1) is 0 Å². The third kappa shape index (κ3) is 3.20. The van der Waals surface area contributed by atoms with Gasteiger partial charge in [-0.3, -0.25) is 0 Å². The predicted molar refractivity (Wildman–Crippen MR) is 103 cm³/mol. The highest BCUT2D eigenvalue weighted by atomic mass is 35.5. The first-order valence-corrected chi connectivity index (χ1v) is 8.64. The Hall–Kier alpha value is -2.15. The van der Waals surface area contributed by atoms with Gasteiger partial charge in [0.15, 0.2) is 5.69 Å². The summed E-state index contributed by atoms with van der Waals surface area (Å²) in [5, 5.41) is 11.0. The molecule has 0 unspecified atom stereocenters. The Balaban J connectivity index is 2.25. The van der Waals surface area contributed by atoms with Crippen molar-refractivity contribution < 1.29 is 0 Å². The van der Waals surface area contributed by atoms with E-state index >= 15 is 0 Å². The number of pyridine rings is 2. The molecule has 3 rings (SSSR count). The number of aromatic nitrogens is 2. The van der Waals surface area contributed by atoms with E-state index in [1.807, 2.05) is 13.0 Å². The number of hydrogen-bond donors (Lipinski definition) is 0. The second kappa shape index (κ2) is 6.29. The average molecular weight is 370 g/mol. The normalized spacial score (nSPS) is 11.6. The molecule has 0 aliphatic carbocycles. The van der Waals surface area contributed by atoms with Crippen LogP contribution in [0, 0.1) is 18.3 Å². The second-order valence-electron chi connectivity index (χ2n) is 7.05. The van der Waals surface area contributed by atoms with Gasteiger partial charge < -0.3 is 0 Å². The maximum atomic E-state index is 9.22. The first-order chi connectivity index (χ1) is 11.7. The highest BCUT2D eigenvalue weighted by molar-refractivity contribution is 6.36. The minimum Gasteiger partial charge on any atom is -0.248 e. The highest BCUT2D eigenvalue weighted by Gasteiger charge is 2.20. The van der Waals surface area contributed by atoms with E-state index in [2.05, 4.69) is 42.9 Å². The van der Waals surface area contributed by atoms with Gasteiger partial charge in [0.05, 0.1) is 21.6 Å². The minimum atomic E-state index is -0.0395. The van der Waals surface area contributed by atoms with Crippen LogP contribution in [0.25, 0.3) is 22.2 Å². The Labute approximate surface area is 157 Å². The molecular formula is C20H17Cl2N3. The monoisotopic (exact) mass is 369 g/mol. The number of halogens is 2. The van der Waals surface area contributed by atoms with Crippen molar-refractivity contribution in [3.05, 3.63) is 57.3 Å². The van der Waals surface area contributed by atoms with E-state index in [1.54, 1.807) is 18.3 Å². The molecule has 0 aliphatic rings. The van der Waals surface area contributed by atoms with Crippen LogP contribution in [-0.4, -0.2) is 9.97 Å². The number of nitrogens with zero attached hydrogens (tertiary/aromatic N) is 3. The molecule has 0 amide bonds. The Bertz CT molecular complexity index is 1030.